The third-order valence-electron chi connectivity index (χ3n) is 3.48. The molecule has 0 aliphatic carbocycles. The number of aromatic nitrogens is 1. The van der Waals surface area contributed by atoms with Gasteiger partial charge in [-0.05, 0) is 23.3 Å². The van der Waals surface area contributed by atoms with Crippen LogP contribution in [0.25, 0.3) is 11.1 Å². The van der Waals surface area contributed by atoms with Gasteiger partial charge in [0.25, 0.3) is 0 Å². The van der Waals surface area contributed by atoms with Gasteiger partial charge in [-0.2, -0.15) is 0 Å². The van der Waals surface area contributed by atoms with Crippen LogP contribution in [0.5, 0.6) is 0 Å². The van der Waals surface area contributed by atoms with Crippen molar-refractivity contribution in [3.8, 4) is 11.1 Å². The molecule has 3 rings (SSSR count). The van der Waals surface area contributed by atoms with E-state index >= 15 is 0 Å². The van der Waals surface area contributed by atoms with Gasteiger partial charge in [0, 0.05) is 30.1 Å². The van der Waals surface area contributed by atoms with Gasteiger partial charge in [-0.1, -0.05) is 30.3 Å². The second kappa shape index (κ2) is 8.08. The topological polar surface area (TPSA) is 64.4 Å². The van der Waals surface area contributed by atoms with E-state index in [-0.39, 0.29) is 12.5 Å². The third-order valence-corrected chi connectivity index (χ3v) is 3.48. The van der Waals surface area contributed by atoms with Crippen LogP contribution < -0.4 is 5.32 Å². The number of hydrogen-bond acceptors (Lipinski definition) is 4. The van der Waals surface area contributed by atoms with Crippen molar-refractivity contribution in [1.82, 2.24) is 10.3 Å². The molecule has 1 aromatic carbocycles. The molecule has 0 atom stereocenters. The molecule has 1 N–H and O–H groups in total. The zero-order valence-corrected chi connectivity index (χ0v) is 13.1. The Balaban J connectivity index is 1.45. The number of furan rings is 1. The van der Waals surface area contributed by atoms with Gasteiger partial charge in [-0.15, -0.1) is 0 Å². The lowest BCUT2D eigenvalue weighted by Crippen LogP contribution is -2.27. The second-order valence-corrected chi connectivity index (χ2v) is 5.35. The minimum atomic E-state index is -0.153. The van der Waals surface area contributed by atoms with Gasteiger partial charge in [-0.25, -0.2) is 0 Å². The van der Waals surface area contributed by atoms with E-state index in [0.29, 0.717) is 13.2 Å². The monoisotopic (exact) mass is 322 g/mol. The number of nitrogens with zero attached hydrogens (tertiary/aromatic N) is 1. The summed E-state index contributed by atoms with van der Waals surface area (Å²) in [6.45, 7) is 0.863. The quantitative estimate of drug-likeness (QED) is 0.725. The van der Waals surface area contributed by atoms with Gasteiger partial charge in [-0.3, -0.25) is 9.78 Å². The molecule has 122 valence electrons. The molecule has 0 spiro atoms. The SMILES string of the molecule is O=C(COCc1ccccc1)NCc1cncc(-c2ccoc2)c1. The smallest absolute Gasteiger partial charge is 0.246 e. The summed E-state index contributed by atoms with van der Waals surface area (Å²) >= 11 is 0. The molecule has 1 amide bonds. The Morgan fingerprint density at radius 1 is 1.08 bits per heavy atom. The minimum absolute atomic E-state index is 0.0315. The van der Waals surface area contributed by atoms with E-state index < -0.39 is 0 Å². The van der Waals surface area contributed by atoms with Crippen LogP contribution in [0.4, 0.5) is 0 Å². The van der Waals surface area contributed by atoms with Crippen molar-refractivity contribution in [3.05, 3.63) is 78.5 Å². The maximum Gasteiger partial charge on any atom is 0.246 e. The molecule has 2 aromatic heterocycles. The van der Waals surface area contributed by atoms with Gasteiger partial charge in [0.2, 0.25) is 5.91 Å². The molecule has 0 saturated heterocycles. The number of benzene rings is 1. The number of carbonyl (C=O) groups is 1. The van der Waals surface area contributed by atoms with Crippen LogP contribution in [-0.2, 0) is 22.7 Å². The number of ether oxygens (including phenoxy) is 1. The largest absolute Gasteiger partial charge is 0.472 e. The zero-order valence-electron chi connectivity index (χ0n) is 13.1. The average Bonchev–Trinajstić information content (AvgIpc) is 3.16. The summed E-state index contributed by atoms with van der Waals surface area (Å²) in [7, 11) is 0. The summed E-state index contributed by atoms with van der Waals surface area (Å²) in [5.41, 5.74) is 3.88. The summed E-state index contributed by atoms with van der Waals surface area (Å²) in [5.74, 6) is -0.153. The predicted molar refractivity (Wildman–Crippen MR) is 89.9 cm³/mol. The van der Waals surface area contributed by atoms with Crippen LogP contribution in [0.15, 0.2) is 71.8 Å². The fourth-order valence-electron chi connectivity index (χ4n) is 2.26. The fraction of sp³-hybridized carbons (Fsp3) is 0.158. The highest BCUT2D eigenvalue weighted by Gasteiger charge is 2.05. The van der Waals surface area contributed by atoms with Crippen molar-refractivity contribution in [3.63, 3.8) is 0 Å². The molecule has 0 aliphatic heterocycles. The molecule has 2 heterocycles. The molecule has 24 heavy (non-hydrogen) atoms. The second-order valence-electron chi connectivity index (χ2n) is 5.35. The van der Waals surface area contributed by atoms with Gasteiger partial charge in [0.05, 0.1) is 19.1 Å². The molecule has 0 aliphatic rings. The standard InChI is InChI=1S/C19H18N2O3/c22-19(14-24-12-15-4-2-1-3-5-15)21-10-16-8-18(11-20-9-16)17-6-7-23-13-17/h1-9,11,13H,10,12,14H2,(H,21,22). The van der Waals surface area contributed by atoms with E-state index in [2.05, 4.69) is 10.3 Å². The molecule has 5 nitrogen and oxygen atoms in total. The van der Waals surface area contributed by atoms with Gasteiger partial charge >= 0.3 is 0 Å². The molecule has 3 aromatic rings. The van der Waals surface area contributed by atoms with Gasteiger partial charge < -0.3 is 14.5 Å². The van der Waals surface area contributed by atoms with E-state index in [9.17, 15) is 4.79 Å². The Labute approximate surface area is 140 Å². The summed E-state index contributed by atoms with van der Waals surface area (Å²) in [6.07, 6.45) is 6.78. The van der Waals surface area contributed by atoms with E-state index in [1.165, 1.54) is 0 Å². The van der Waals surface area contributed by atoms with Crippen molar-refractivity contribution in [2.24, 2.45) is 0 Å². The third kappa shape index (κ3) is 4.54. The number of nitrogens with one attached hydrogen (secondary N) is 1. The number of rotatable bonds is 7. The molecule has 0 radical (unpaired) electrons. The van der Waals surface area contributed by atoms with Crippen LogP contribution in [0.1, 0.15) is 11.1 Å². The minimum Gasteiger partial charge on any atom is -0.472 e. The molecule has 0 bridgehead atoms. The zero-order chi connectivity index (χ0) is 16.6. The number of hydrogen-bond donors (Lipinski definition) is 1. The highest BCUT2D eigenvalue weighted by Crippen LogP contribution is 2.19. The average molecular weight is 322 g/mol. The molecule has 0 fully saturated rings. The summed E-state index contributed by atoms with van der Waals surface area (Å²) in [4.78, 5) is 16.0. The van der Waals surface area contributed by atoms with E-state index in [0.717, 1.165) is 22.3 Å². The number of amides is 1. The van der Waals surface area contributed by atoms with Crippen molar-refractivity contribution < 1.29 is 13.9 Å². The van der Waals surface area contributed by atoms with Crippen LogP contribution in [0.2, 0.25) is 0 Å². The lowest BCUT2D eigenvalue weighted by molar-refractivity contribution is -0.126. The van der Waals surface area contributed by atoms with E-state index in [1.807, 2.05) is 42.5 Å². The summed E-state index contributed by atoms with van der Waals surface area (Å²) < 4.78 is 10.5. The summed E-state index contributed by atoms with van der Waals surface area (Å²) in [5, 5.41) is 2.83. The first-order valence-corrected chi connectivity index (χ1v) is 7.66. The molecule has 0 saturated carbocycles. The maximum atomic E-state index is 11.8. The van der Waals surface area contributed by atoms with E-state index in [4.69, 9.17) is 9.15 Å². The van der Waals surface area contributed by atoms with Crippen molar-refractivity contribution >= 4 is 5.91 Å². The Kier molecular flexibility index (Phi) is 5.37. The fourth-order valence-corrected chi connectivity index (χ4v) is 2.26. The highest BCUT2D eigenvalue weighted by atomic mass is 16.5. The summed E-state index contributed by atoms with van der Waals surface area (Å²) in [6, 6.07) is 13.6. The molecule has 5 heteroatoms. The van der Waals surface area contributed by atoms with Crippen molar-refractivity contribution in [1.29, 1.82) is 0 Å². The number of pyridine rings is 1. The molecular formula is C19H18N2O3. The van der Waals surface area contributed by atoms with E-state index in [1.54, 1.807) is 24.9 Å². The highest BCUT2D eigenvalue weighted by molar-refractivity contribution is 5.77. The lowest BCUT2D eigenvalue weighted by atomic mass is 10.1. The molecular weight excluding hydrogens is 304 g/mol. The first-order chi connectivity index (χ1) is 11.8. The van der Waals surface area contributed by atoms with Gasteiger partial charge in [0.1, 0.15) is 6.61 Å². The van der Waals surface area contributed by atoms with Crippen LogP contribution in [0.3, 0.4) is 0 Å². The molecule has 0 unspecified atom stereocenters. The first kappa shape index (κ1) is 16.0. The first-order valence-electron chi connectivity index (χ1n) is 7.66. The number of carbonyl (C=O) groups excluding carboxylic acids is 1. The van der Waals surface area contributed by atoms with Crippen molar-refractivity contribution in [2.45, 2.75) is 13.2 Å². The lowest BCUT2D eigenvalue weighted by Gasteiger charge is -2.07. The maximum absolute atomic E-state index is 11.8. The van der Waals surface area contributed by atoms with Crippen LogP contribution >= 0.6 is 0 Å². The van der Waals surface area contributed by atoms with Crippen molar-refractivity contribution in [2.75, 3.05) is 6.61 Å². The van der Waals surface area contributed by atoms with Crippen LogP contribution in [0, 0.1) is 0 Å². The Morgan fingerprint density at radius 3 is 2.75 bits per heavy atom. The van der Waals surface area contributed by atoms with Crippen LogP contribution in [-0.4, -0.2) is 17.5 Å². The predicted octanol–water partition coefficient (Wildman–Crippen LogP) is 3.17. The van der Waals surface area contributed by atoms with Gasteiger partial charge in [0.15, 0.2) is 0 Å². The Hall–Kier alpha value is -2.92. The Morgan fingerprint density at radius 2 is 1.96 bits per heavy atom. The normalized spacial score (nSPS) is 10.5. The Bertz CT molecular complexity index is 770.